The Labute approximate surface area is 159 Å². The lowest BCUT2D eigenvalue weighted by atomic mass is 10.1. The van der Waals surface area contributed by atoms with Gasteiger partial charge in [0.2, 0.25) is 5.91 Å². The Bertz CT molecular complexity index is 612. The number of carbonyl (C=O) groups is 2. The highest BCUT2D eigenvalue weighted by Gasteiger charge is 2.34. The number of ether oxygens (including phenoxy) is 1. The molecular weight excluding hydrogens is 350 g/mol. The van der Waals surface area contributed by atoms with Crippen molar-refractivity contribution in [1.29, 1.82) is 0 Å². The van der Waals surface area contributed by atoms with Gasteiger partial charge in [-0.1, -0.05) is 6.07 Å². The summed E-state index contributed by atoms with van der Waals surface area (Å²) in [7, 11) is 0. The van der Waals surface area contributed by atoms with Crippen molar-refractivity contribution in [3.05, 3.63) is 22.4 Å². The number of amides is 2. The standard InChI is InChI=1S/C19H29N3O3S/c1-13-10-21(11-14(2)25-13)12-16-6-4-8-22(16)19(24)15(3)20-18(23)17-7-5-9-26-17/h5,7,9,13-16H,4,6,8,10-12H2,1-3H3,(H,20,23)/t13-,14+,15-,16-/m0/s1. The molecule has 2 amide bonds. The van der Waals surface area contributed by atoms with E-state index in [0.717, 1.165) is 39.0 Å². The molecule has 2 aliphatic rings. The molecule has 0 spiro atoms. The Morgan fingerprint density at radius 2 is 2.08 bits per heavy atom. The molecule has 1 aromatic rings. The van der Waals surface area contributed by atoms with Crippen molar-refractivity contribution >= 4 is 23.2 Å². The summed E-state index contributed by atoms with van der Waals surface area (Å²) in [5.74, 6) is -0.154. The molecule has 3 heterocycles. The number of likely N-dealkylation sites (tertiary alicyclic amines) is 1. The zero-order valence-electron chi connectivity index (χ0n) is 15.8. The summed E-state index contributed by atoms with van der Waals surface area (Å²) in [5.41, 5.74) is 0. The van der Waals surface area contributed by atoms with Crippen molar-refractivity contribution in [3.63, 3.8) is 0 Å². The van der Waals surface area contributed by atoms with E-state index in [-0.39, 0.29) is 30.1 Å². The van der Waals surface area contributed by atoms with Crippen LogP contribution in [0.4, 0.5) is 0 Å². The van der Waals surface area contributed by atoms with E-state index in [2.05, 4.69) is 24.1 Å². The van der Waals surface area contributed by atoms with Crippen LogP contribution in [-0.2, 0) is 9.53 Å². The lowest BCUT2D eigenvalue weighted by Crippen LogP contribution is -2.53. The number of nitrogens with one attached hydrogen (secondary N) is 1. The van der Waals surface area contributed by atoms with Gasteiger partial charge in [-0.15, -0.1) is 11.3 Å². The fraction of sp³-hybridized carbons (Fsp3) is 0.684. The normalized spacial score (nSPS) is 28.1. The summed E-state index contributed by atoms with van der Waals surface area (Å²) in [6.45, 7) is 9.46. The molecule has 1 N–H and O–H groups in total. The number of hydrogen-bond acceptors (Lipinski definition) is 5. The maximum Gasteiger partial charge on any atom is 0.261 e. The van der Waals surface area contributed by atoms with Crippen LogP contribution in [0.15, 0.2) is 17.5 Å². The monoisotopic (exact) mass is 379 g/mol. The Morgan fingerprint density at radius 1 is 1.35 bits per heavy atom. The van der Waals surface area contributed by atoms with Crippen LogP contribution >= 0.6 is 11.3 Å². The summed E-state index contributed by atoms with van der Waals surface area (Å²) in [6, 6.07) is 3.33. The van der Waals surface area contributed by atoms with Crippen molar-refractivity contribution in [1.82, 2.24) is 15.1 Å². The third-order valence-corrected chi connectivity index (χ3v) is 5.96. The van der Waals surface area contributed by atoms with Gasteiger partial charge in [-0.3, -0.25) is 14.5 Å². The first-order valence-electron chi connectivity index (χ1n) is 9.46. The molecule has 7 heteroatoms. The van der Waals surface area contributed by atoms with Crippen LogP contribution < -0.4 is 5.32 Å². The topological polar surface area (TPSA) is 61.9 Å². The highest BCUT2D eigenvalue weighted by molar-refractivity contribution is 7.12. The Morgan fingerprint density at radius 3 is 2.73 bits per heavy atom. The van der Waals surface area contributed by atoms with Gasteiger partial charge in [0.1, 0.15) is 6.04 Å². The van der Waals surface area contributed by atoms with E-state index in [1.807, 2.05) is 16.3 Å². The number of carbonyl (C=O) groups excluding carboxylic acids is 2. The lowest BCUT2D eigenvalue weighted by Gasteiger charge is -2.38. The second kappa shape index (κ2) is 8.50. The van der Waals surface area contributed by atoms with Gasteiger partial charge in [-0.05, 0) is 45.1 Å². The van der Waals surface area contributed by atoms with Crippen LogP contribution in [0.3, 0.4) is 0 Å². The maximum absolute atomic E-state index is 12.9. The number of rotatable bonds is 5. The second-order valence-corrected chi connectivity index (χ2v) is 8.42. The predicted octanol–water partition coefficient (Wildman–Crippen LogP) is 1.97. The summed E-state index contributed by atoms with van der Waals surface area (Å²) in [4.78, 5) is 30.1. The summed E-state index contributed by atoms with van der Waals surface area (Å²) < 4.78 is 5.80. The molecule has 0 saturated carbocycles. The Hall–Kier alpha value is -1.44. The average Bonchev–Trinajstić information content (AvgIpc) is 3.24. The van der Waals surface area contributed by atoms with Crippen LogP contribution in [-0.4, -0.2) is 72.1 Å². The van der Waals surface area contributed by atoms with Crippen molar-refractivity contribution in [2.75, 3.05) is 26.2 Å². The Kier molecular flexibility index (Phi) is 6.32. The first-order chi connectivity index (χ1) is 12.4. The molecule has 26 heavy (non-hydrogen) atoms. The molecule has 6 nitrogen and oxygen atoms in total. The molecule has 0 aliphatic carbocycles. The van der Waals surface area contributed by atoms with E-state index in [4.69, 9.17) is 4.74 Å². The van der Waals surface area contributed by atoms with E-state index in [1.54, 1.807) is 13.0 Å². The van der Waals surface area contributed by atoms with Gasteiger partial charge in [-0.2, -0.15) is 0 Å². The van der Waals surface area contributed by atoms with Crippen LogP contribution in [0.5, 0.6) is 0 Å². The van der Waals surface area contributed by atoms with Gasteiger partial charge >= 0.3 is 0 Å². The van der Waals surface area contributed by atoms with Crippen LogP contribution in [0.1, 0.15) is 43.3 Å². The molecule has 0 radical (unpaired) electrons. The van der Waals surface area contributed by atoms with Crippen molar-refractivity contribution < 1.29 is 14.3 Å². The molecule has 2 fully saturated rings. The third-order valence-electron chi connectivity index (χ3n) is 5.09. The number of nitrogens with zero attached hydrogens (tertiary/aromatic N) is 2. The van der Waals surface area contributed by atoms with Crippen LogP contribution in [0.25, 0.3) is 0 Å². The van der Waals surface area contributed by atoms with Gasteiger partial charge in [0, 0.05) is 32.2 Å². The van der Waals surface area contributed by atoms with Gasteiger partial charge in [-0.25, -0.2) is 0 Å². The first kappa shape index (κ1) is 19.3. The molecular formula is C19H29N3O3S. The van der Waals surface area contributed by atoms with E-state index in [0.29, 0.717) is 4.88 Å². The summed E-state index contributed by atoms with van der Waals surface area (Å²) in [6.07, 6.45) is 2.51. The zero-order valence-corrected chi connectivity index (χ0v) is 16.6. The van der Waals surface area contributed by atoms with E-state index < -0.39 is 6.04 Å². The molecule has 144 valence electrons. The van der Waals surface area contributed by atoms with Crippen LogP contribution in [0.2, 0.25) is 0 Å². The molecule has 0 bridgehead atoms. The van der Waals surface area contributed by atoms with Gasteiger partial charge in [0.25, 0.3) is 5.91 Å². The highest BCUT2D eigenvalue weighted by Crippen LogP contribution is 2.21. The van der Waals surface area contributed by atoms with Crippen molar-refractivity contribution in [2.24, 2.45) is 0 Å². The number of morpholine rings is 1. The summed E-state index contributed by atoms with van der Waals surface area (Å²) >= 11 is 1.39. The molecule has 2 saturated heterocycles. The van der Waals surface area contributed by atoms with Crippen molar-refractivity contribution in [3.8, 4) is 0 Å². The van der Waals surface area contributed by atoms with E-state index in [1.165, 1.54) is 11.3 Å². The fourth-order valence-electron chi connectivity index (χ4n) is 4.03. The Balaban J connectivity index is 1.56. The third kappa shape index (κ3) is 4.64. The quantitative estimate of drug-likeness (QED) is 0.850. The molecule has 3 rings (SSSR count). The zero-order chi connectivity index (χ0) is 18.7. The molecule has 0 aromatic carbocycles. The van der Waals surface area contributed by atoms with E-state index in [9.17, 15) is 9.59 Å². The fourth-order valence-corrected chi connectivity index (χ4v) is 4.66. The number of hydrogen-bond donors (Lipinski definition) is 1. The summed E-state index contributed by atoms with van der Waals surface area (Å²) in [5, 5.41) is 4.71. The van der Waals surface area contributed by atoms with Gasteiger partial charge in [0.15, 0.2) is 0 Å². The first-order valence-corrected chi connectivity index (χ1v) is 10.3. The minimum Gasteiger partial charge on any atom is -0.373 e. The molecule has 2 aliphatic heterocycles. The number of thiophene rings is 1. The SMILES string of the molecule is C[C@@H]1CN(C[C@@H]2CCCN2C(=O)[C@H](C)NC(=O)c2cccs2)C[C@H](C)O1. The molecule has 0 unspecified atom stereocenters. The van der Waals surface area contributed by atoms with Gasteiger partial charge in [0.05, 0.1) is 17.1 Å². The molecule has 4 atom stereocenters. The maximum atomic E-state index is 12.9. The minimum absolute atomic E-state index is 0.0202. The van der Waals surface area contributed by atoms with E-state index >= 15 is 0 Å². The van der Waals surface area contributed by atoms with Crippen LogP contribution in [0, 0.1) is 0 Å². The largest absolute Gasteiger partial charge is 0.373 e. The minimum atomic E-state index is -0.507. The highest BCUT2D eigenvalue weighted by atomic mass is 32.1. The van der Waals surface area contributed by atoms with Crippen molar-refractivity contribution in [2.45, 2.75) is 57.9 Å². The predicted molar refractivity (Wildman–Crippen MR) is 102 cm³/mol. The smallest absolute Gasteiger partial charge is 0.261 e. The molecule has 1 aromatic heterocycles. The average molecular weight is 380 g/mol. The van der Waals surface area contributed by atoms with Gasteiger partial charge < -0.3 is 15.0 Å². The second-order valence-electron chi connectivity index (χ2n) is 7.48. The lowest BCUT2D eigenvalue weighted by molar-refractivity contribution is -0.134.